The summed E-state index contributed by atoms with van der Waals surface area (Å²) in [4.78, 5) is 14.3. The molecule has 0 radical (unpaired) electrons. The van der Waals surface area contributed by atoms with E-state index in [1.165, 1.54) is 11.8 Å². The summed E-state index contributed by atoms with van der Waals surface area (Å²) >= 11 is 7.09. The van der Waals surface area contributed by atoms with Gasteiger partial charge in [0.25, 0.3) is 0 Å². The molecule has 0 fully saturated rings. The Bertz CT molecular complexity index is 394. The van der Waals surface area contributed by atoms with Gasteiger partial charge in [-0.2, -0.15) is 0 Å². The average molecular weight is 264 g/mol. The second-order valence-corrected chi connectivity index (χ2v) is 5.32. The molecule has 0 saturated heterocycles. The molecule has 0 amide bonds. The molecular weight excluding hydrogens is 250 g/mol. The van der Waals surface area contributed by atoms with Gasteiger partial charge >= 0.3 is 5.82 Å². The molecule has 1 heterocycles. The van der Waals surface area contributed by atoms with Gasteiger partial charge in [0.1, 0.15) is 0 Å². The molecule has 0 saturated carbocycles. The minimum absolute atomic E-state index is 0.0635. The van der Waals surface area contributed by atoms with Crippen LogP contribution in [0.2, 0.25) is 0 Å². The number of alkyl halides is 1. The number of hydrogen-bond donors (Lipinski definition) is 0. The first-order valence-corrected chi connectivity index (χ1v) is 6.29. The Kier molecular flexibility index (Phi) is 4.61. The number of aryl methyl sites for hydroxylation is 1. The second kappa shape index (κ2) is 5.54. The van der Waals surface area contributed by atoms with Crippen molar-refractivity contribution in [1.82, 2.24) is 9.55 Å². The van der Waals surface area contributed by atoms with E-state index in [9.17, 15) is 10.1 Å². The molecule has 0 bridgehead atoms. The first-order chi connectivity index (χ1) is 7.47. The van der Waals surface area contributed by atoms with Crippen LogP contribution in [0, 0.1) is 17.0 Å². The fraction of sp³-hybridized carbons (Fsp3) is 0.667. The van der Waals surface area contributed by atoms with Crippen LogP contribution in [0.5, 0.6) is 0 Å². The van der Waals surface area contributed by atoms with Crippen LogP contribution in [0.1, 0.15) is 19.2 Å². The van der Waals surface area contributed by atoms with E-state index < -0.39 is 4.92 Å². The molecule has 1 aromatic rings. The maximum atomic E-state index is 10.8. The average Bonchev–Trinajstić information content (AvgIpc) is 2.46. The van der Waals surface area contributed by atoms with Gasteiger partial charge in [-0.05, 0) is 16.3 Å². The fourth-order valence-electron chi connectivity index (χ4n) is 1.23. The van der Waals surface area contributed by atoms with E-state index in [4.69, 9.17) is 11.6 Å². The van der Waals surface area contributed by atoms with Crippen LogP contribution in [0.4, 0.5) is 5.82 Å². The van der Waals surface area contributed by atoms with Gasteiger partial charge in [-0.3, -0.25) is 4.57 Å². The molecule has 90 valence electrons. The second-order valence-electron chi connectivity index (χ2n) is 3.51. The van der Waals surface area contributed by atoms with Crippen molar-refractivity contribution in [3.05, 3.63) is 15.9 Å². The summed E-state index contributed by atoms with van der Waals surface area (Å²) in [5, 5.41) is 11.7. The van der Waals surface area contributed by atoms with Gasteiger partial charge in [-0.15, -0.1) is 11.6 Å². The minimum atomic E-state index is -0.442. The van der Waals surface area contributed by atoms with Crippen molar-refractivity contribution >= 4 is 29.2 Å². The molecule has 1 aromatic heterocycles. The summed E-state index contributed by atoms with van der Waals surface area (Å²) in [6.45, 7) is 3.75. The molecule has 0 aliphatic carbocycles. The van der Waals surface area contributed by atoms with E-state index in [-0.39, 0.29) is 11.1 Å². The van der Waals surface area contributed by atoms with Gasteiger partial charge in [0.15, 0.2) is 5.03 Å². The molecule has 0 N–H and O–H groups in total. The lowest BCUT2D eigenvalue weighted by atomic mass is 10.4. The van der Waals surface area contributed by atoms with Crippen molar-refractivity contribution in [3.8, 4) is 0 Å². The van der Waals surface area contributed by atoms with E-state index in [0.29, 0.717) is 16.7 Å². The van der Waals surface area contributed by atoms with Gasteiger partial charge in [0.2, 0.25) is 5.82 Å². The van der Waals surface area contributed by atoms with Gasteiger partial charge in [0.05, 0.1) is 0 Å². The molecule has 5 nitrogen and oxygen atoms in total. The van der Waals surface area contributed by atoms with Crippen LogP contribution in [0.15, 0.2) is 5.03 Å². The normalized spacial score (nSPS) is 12.8. The number of aromatic nitrogens is 2. The molecule has 0 aliphatic heterocycles. The fourth-order valence-corrected chi connectivity index (χ4v) is 2.82. The lowest BCUT2D eigenvalue weighted by Gasteiger charge is -2.08. The highest BCUT2D eigenvalue weighted by Crippen LogP contribution is 2.33. The number of thioether (sulfide) groups is 1. The van der Waals surface area contributed by atoms with Crippen molar-refractivity contribution in [1.29, 1.82) is 0 Å². The van der Waals surface area contributed by atoms with E-state index in [1.807, 2.05) is 6.92 Å². The summed E-state index contributed by atoms with van der Waals surface area (Å²) in [5.74, 6) is 1.14. The Balaban J connectivity index is 2.97. The first kappa shape index (κ1) is 13.3. The Hall–Kier alpha value is -0.750. The third-order valence-electron chi connectivity index (χ3n) is 2.25. The van der Waals surface area contributed by atoms with Gasteiger partial charge in [-0.25, -0.2) is 0 Å². The van der Waals surface area contributed by atoms with E-state index in [2.05, 4.69) is 4.98 Å². The molecule has 0 spiro atoms. The molecule has 1 atom stereocenters. The molecule has 7 heteroatoms. The zero-order valence-corrected chi connectivity index (χ0v) is 11.0. The number of halogens is 1. The third kappa shape index (κ3) is 2.89. The minimum Gasteiger partial charge on any atom is -0.358 e. The zero-order chi connectivity index (χ0) is 12.3. The number of hydrogen-bond acceptors (Lipinski definition) is 4. The van der Waals surface area contributed by atoms with Gasteiger partial charge < -0.3 is 10.1 Å². The molecule has 1 unspecified atom stereocenters. The SMILES string of the molecule is Cc1nc([N+](=O)[O-])c(SC(C)CCCl)n1C. The number of nitrogens with zero attached hydrogens (tertiary/aromatic N) is 3. The largest absolute Gasteiger partial charge is 0.396 e. The topological polar surface area (TPSA) is 61.0 Å². The molecular formula is C9H14ClN3O2S. The van der Waals surface area contributed by atoms with E-state index in [0.717, 1.165) is 6.42 Å². The summed E-state index contributed by atoms with van der Waals surface area (Å²) < 4.78 is 1.74. The maximum absolute atomic E-state index is 10.8. The van der Waals surface area contributed by atoms with Gasteiger partial charge in [-0.1, -0.05) is 18.7 Å². The van der Waals surface area contributed by atoms with Gasteiger partial charge in [0, 0.05) is 25.1 Å². The Labute approximate surface area is 103 Å². The maximum Gasteiger partial charge on any atom is 0.396 e. The first-order valence-electron chi connectivity index (χ1n) is 4.87. The predicted octanol–water partition coefficient (Wildman–Crippen LogP) is 2.75. The molecule has 1 rings (SSSR count). The Morgan fingerprint density at radius 2 is 2.31 bits per heavy atom. The number of rotatable bonds is 5. The number of imidazole rings is 1. The highest BCUT2D eigenvalue weighted by molar-refractivity contribution is 8.00. The van der Waals surface area contributed by atoms with E-state index in [1.54, 1.807) is 18.5 Å². The zero-order valence-electron chi connectivity index (χ0n) is 9.44. The molecule has 0 aliphatic rings. The number of nitro groups is 1. The van der Waals surface area contributed by atoms with Crippen molar-refractivity contribution < 1.29 is 4.92 Å². The van der Waals surface area contributed by atoms with Crippen LogP contribution in [0.3, 0.4) is 0 Å². The third-order valence-corrected chi connectivity index (χ3v) is 3.79. The summed E-state index contributed by atoms with van der Waals surface area (Å²) in [6, 6.07) is 0. The van der Waals surface area contributed by atoms with Crippen LogP contribution in [0.25, 0.3) is 0 Å². The van der Waals surface area contributed by atoms with Crippen molar-refractivity contribution in [2.75, 3.05) is 5.88 Å². The highest BCUT2D eigenvalue weighted by Gasteiger charge is 2.25. The van der Waals surface area contributed by atoms with Crippen molar-refractivity contribution in [2.45, 2.75) is 30.5 Å². The Morgan fingerprint density at radius 1 is 1.69 bits per heavy atom. The smallest absolute Gasteiger partial charge is 0.358 e. The summed E-state index contributed by atoms with van der Waals surface area (Å²) in [7, 11) is 1.78. The summed E-state index contributed by atoms with van der Waals surface area (Å²) in [5.41, 5.74) is 0. The molecule has 0 aromatic carbocycles. The Morgan fingerprint density at radius 3 is 2.81 bits per heavy atom. The molecule has 16 heavy (non-hydrogen) atoms. The standard InChI is InChI=1S/C9H14ClN3O2S/c1-6(4-5-10)16-9-8(13(14)15)11-7(2)12(9)3/h6H,4-5H2,1-3H3. The van der Waals surface area contributed by atoms with Crippen molar-refractivity contribution in [3.63, 3.8) is 0 Å². The highest BCUT2D eigenvalue weighted by atomic mass is 35.5. The van der Waals surface area contributed by atoms with Crippen LogP contribution < -0.4 is 0 Å². The predicted molar refractivity (Wildman–Crippen MR) is 65.3 cm³/mol. The van der Waals surface area contributed by atoms with Crippen LogP contribution in [-0.2, 0) is 7.05 Å². The van der Waals surface area contributed by atoms with Crippen LogP contribution >= 0.6 is 23.4 Å². The van der Waals surface area contributed by atoms with E-state index >= 15 is 0 Å². The summed E-state index contributed by atoms with van der Waals surface area (Å²) in [6.07, 6.45) is 0.813. The lowest BCUT2D eigenvalue weighted by Crippen LogP contribution is -2.02. The van der Waals surface area contributed by atoms with Crippen LogP contribution in [-0.4, -0.2) is 25.6 Å². The monoisotopic (exact) mass is 263 g/mol. The quantitative estimate of drug-likeness (QED) is 0.355. The van der Waals surface area contributed by atoms with Crippen molar-refractivity contribution in [2.24, 2.45) is 7.05 Å². The lowest BCUT2D eigenvalue weighted by molar-refractivity contribution is -0.392.